The van der Waals surface area contributed by atoms with Gasteiger partial charge in [-0.15, -0.1) is 0 Å². The molecular weight excluding hydrogens is 348 g/mol. The van der Waals surface area contributed by atoms with Crippen molar-refractivity contribution >= 4 is 17.9 Å². The van der Waals surface area contributed by atoms with E-state index in [0.717, 1.165) is 5.56 Å². The van der Waals surface area contributed by atoms with E-state index in [1.54, 1.807) is 53.7 Å². The zero-order chi connectivity index (χ0) is 20.8. The average Bonchev–Trinajstić information content (AvgIpc) is 2.45. The maximum Gasteiger partial charge on any atom is 0.312 e. The summed E-state index contributed by atoms with van der Waals surface area (Å²) >= 11 is 0. The quantitative estimate of drug-likeness (QED) is 0.550. The van der Waals surface area contributed by atoms with Crippen LogP contribution in [0.5, 0.6) is 5.75 Å². The van der Waals surface area contributed by atoms with E-state index in [9.17, 15) is 14.4 Å². The van der Waals surface area contributed by atoms with Crippen LogP contribution in [0.15, 0.2) is 24.3 Å². The SMILES string of the molecule is Cc1ccc(OC(=O)C[C@@H](CC(=O)OC(C)(C)C)C(=O)OC(C)(C)C)cc1. The number of hydrogen-bond acceptors (Lipinski definition) is 6. The monoisotopic (exact) mass is 378 g/mol. The highest BCUT2D eigenvalue weighted by atomic mass is 16.6. The van der Waals surface area contributed by atoms with Crippen LogP contribution >= 0.6 is 0 Å². The summed E-state index contributed by atoms with van der Waals surface area (Å²) < 4.78 is 15.9. The molecule has 0 radical (unpaired) electrons. The summed E-state index contributed by atoms with van der Waals surface area (Å²) in [7, 11) is 0. The standard InChI is InChI=1S/C21H30O6/c1-14-8-10-16(11-9-14)25-17(22)12-15(19(24)27-21(5,6)7)13-18(23)26-20(2,3)4/h8-11,15H,12-13H2,1-7H3/t15-/m0/s1. The molecule has 0 aliphatic rings. The van der Waals surface area contributed by atoms with Crippen LogP contribution < -0.4 is 4.74 Å². The normalized spacial score (nSPS) is 12.9. The van der Waals surface area contributed by atoms with E-state index in [1.165, 1.54) is 0 Å². The van der Waals surface area contributed by atoms with Gasteiger partial charge in [-0.1, -0.05) is 17.7 Å². The minimum Gasteiger partial charge on any atom is -0.460 e. The minimum atomic E-state index is -0.975. The van der Waals surface area contributed by atoms with Crippen LogP contribution in [0.4, 0.5) is 0 Å². The van der Waals surface area contributed by atoms with Gasteiger partial charge in [0, 0.05) is 0 Å². The van der Waals surface area contributed by atoms with E-state index < -0.39 is 35.0 Å². The van der Waals surface area contributed by atoms with Crippen molar-refractivity contribution in [3.05, 3.63) is 29.8 Å². The highest BCUT2D eigenvalue weighted by molar-refractivity contribution is 5.85. The summed E-state index contributed by atoms with van der Waals surface area (Å²) in [5.41, 5.74) is -0.381. The molecule has 1 aromatic rings. The first kappa shape index (κ1) is 22.7. The first-order valence-corrected chi connectivity index (χ1v) is 8.97. The van der Waals surface area contributed by atoms with Gasteiger partial charge in [-0.3, -0.25) is 14.4 Å². The Labute approximate surface area is 161 Å². The fraction of sp³-hybridized carbons (Fsp3) is 0.571. The lowest BCUT2D eigenvalue weighted by atomic mass is 10.0. The second-order valence-electron chi connectivity index (χ2n) is 8.51. The van der Waals surface area contributed by atoms with Gasteiger partial charge in [0.1, 0.15) is 17.0 Å². The summed E-state index contributed by atoms with van der Waals surface area (Å²) in [6, 6.07) is 6.97. The van der Waals surface area contributed by atoms with Gasteiger partial charge in [0.05, 0.1) is 18.8 Å². The van der Waals surface area contributed by atoms with Gasteiger partial charge in [-0.05, 0) is 60.6 Å². The molecule has 0 spiro atoms. The predicted molar refractivity (Wildman–Crippen MR) is 101 cm³/mol. The number of carbonyl (C=O) groups excluding carboxylic acids is 3. The van der Waals surface area contributed by atoms with Crippen LogP contribution in [0, 0.1) is 12.8 Å². The Bertz CT molecular complexity index is 661. The summed E-state index contributed by atoms with van der Waals surface area (Å²) in [5.74, 6) is -2.41. The lowest BCUT2D eigenvalue weighted by molar-refractivity contribution is -0.168. The molecule has 0 fully saturated rings. The molecule has 0 bridgehead atoms. The van der Waals surface area contributed by atoms with Gasteiger partial charge in [-0.2, -0.15) is 0 Å². The number of aryl methyl sites for hydroxylation is 1. The molecule has 0 heterocycles. The van der Waals surface area contributed by atoms with Crippen LogP contribution in [0.1, 0.15) is 59.9 Å². The Morgan fingerprint density at radius 3 is 1.78 bits per heavy atom. The van der Waals surface area contributed by atoms with Crippen molar-refractivity contribution < 1.29 is 28.6 Å². The molecule has 0 unspecified atom stereocenters. The number of ether oxygens (including phenoxy) is 3. The van der Waals surface area contributed by atoms with Crippen molar-refractivity contribution in [2.24, 2.45) is 5.92 Å². The second-order valence-corrected chi connectivity index (χ2v) is 8.51. The molecule has 0 saturated heterocycles. The van der Waals surface area contributed by atoms with E-state index >= 15 is 0 Å². The molecule has 6 nitrogen and oxygen atoms in total. The third-order valence-corrected chi connectivity index (χ3v) is 3.24. The van der Waals surface area contributed by atoms with Crippen molar-refractivity contribution in [2.45, 2.75) is 72.5 Å². The van der Waals surface area contributed by atoms with Crippen LogP contribution in [0.2, 0.25) is 0 Å². The number of carbonyl (C=O) groups is 3. The maximum atomic E-state index is 12.5. The third-order valence-electron chi connectivity index (χ3n) is 3.24. The lowest BCUT2D eigenvalue weighted by Crippen LogP contribution is -2.33. The Kier molecular flexibility index (Phi) is 7.57. The van der Waals surface area contributed by atoms with Crippen molar-refractivity contribution in [3.63, 3.8) is 0 Å². The number of benzene rings is 1. The van der Waals surface area contributed by atoms with Crippen molar-refractivity contribution in [1.29, 1.82) is 0 Å². The molecule has 150 valence electrons. The summed E-state index contributed by atoms with van der Waals surface area (Å²) in [6.45, 7) is 12.3. The summed E-state index contributed by atoms with van der Waals surface area (Å²) in [6.07, 6.45) is -0.531. The molecule has 0 aromatic heterocycles. The van der Waals surface area contributed by atoms with Crippen LogP contribution in [-0.2, 0) is 23.9 Å². The topological polar surface area (TPSA) is 78.9 Å². The Morgan fingerprint density at radius 1 is 0.815 bits per heavy atom. The van der Waals surface area contributed by atoms with Gasteiger partial charge >= 0.3 is 17.9 Å². The first-order chi connectivity index (χ1) is 12.2. The zero-order valence-corrected chi connectivity index (χ0v) is 17.3. The zero-order valence-electron chi connectivity index (χ0n) is 17.3. The fourth-order valence-electron chi connectivity index (χ4n) is 2.19. The molecular formula is C21H30O6. The highest BCUT2D eigenvalue weighted by Gasteiger charge is 2.32. The fourth-order valence-corrected chi connectivity index (χ4v) is 2.19. The van der Waals surface area contributed by atoms with E-state index in [0.29, 0.717) is 5.75 Å². The number of hydrogen-bond donors (Lipinski definition) is 0. The minimum absolute atomic E-state index is 0.255. The predicted octanol–water partition coefficient (Wildman–Crippen LogP) is 3.98. The van der Waals surface area contributed by atoms with Crippen LogP contribution in [0.25, 0.3) is 0 Å². The van der Waals surface area contributed by atoms with E-state index in [-0.39, 0.29) is 12.8 Å². The molecule has 0 aliphatic heterocycles. The van der Waals surface area contributed by atoms with E-state index in [1.807, 2.05) is 19.1 Å². The van der Waals surface area contributed by atoms with Crippen molar-refractivity contribution in [3.8, 4) is 5.75 Å². The van der Waals surface area contributed by atoms with Crippen molar-refractivity contribution in [2.75, 3.05) is 0 Å². The third kappa shape index (κ3) is 9.78. The number of esters is 3. The molecule has 6 heteroatoms. The van der Waals surface area contributed by atoms with Gasteiger partial charge in [0.15, 0.2) is 0 Å². The second kappa shape index (κ2) is 9.02. The van der Waals surface area contributed by atoms with Crippen LogP contribution in [0.3, 0.4) is 0 Å². The molecule has 27 heavy (non-hydrogen) atoms. The van der Waals surface area contributed by atoms with E-state index in [4.69, 9.17) is 14.2 Å². The van der Waals surface area contributed by atoms with Gasteiger partial charge in [-0.25, -0.2) is 0 Å². The van der Waals surface area contributed by atoms with Gasteiger partial charge < -0.3 is 14.2 Å². The molecule has 0 saturated carbocycles. The summed E-state index contributed by atoms with van der Waals surface area (Å²) in [4.78, 5) is 36.9. The lowest BCUT2D eigenvalue weighted by Gasteiger charge is -2.25. The molecule has 0 aliphatic carbocycles. The molecule has 1 rings (SSSR count). The van der Waals surface area contributed by atoms with E-state index in [2.05, 4.69) is 0 Å². The van der Waals surface area contributed by atoms with Gasteiger partial charge in [0.25, 0.3) is 0 Å². The summed E-state index contributed by atoms with van der Waals surface area (Å²) in [5, 5.41) is 0. The van der Waals surface area contributed by atoms with Gasteiger partial charge in [0.2, 0.25) is 0 Å². The van der Waals surface area contributed by atoms with Crippen LogP contribution in [-0.4, -0.2) is 29.1 Å². The molecule has 0 N–H and O–H groups in total. The Morgan fingerprint density at radius 2 is 1.30 bits per heavy atom. The largest absolute Gasteiger partial charge is 0.460 e. The molecule has 1 aromatic carbocycles. The molecule has 1 atom stereocenters. The number of rotatable bonds is 6. The Balaban J connectivity index is 2.82. The highest BCUT2D eigenvalue weighted by Crippen LogP contribution is 2.21. The smallest absolute Gasteiger partial charge is 0.312 e. The Hall–Kier alpha value is -2.37. The maximum absolute atomic E-state index is 12.5. The van der Waals surface area contributed by atoms with Crippen molar-refractivity contribution in [1.82, 2.24) is 0 Å². The first-order valence-electron chi connectivity index (χ1n) is 8.97. The average molecular weight is 378 g/mol. The molecule has 0 amide bonds.